The lowest BCUT2D eigenvalue weighted by atomic mass is 10.1. The summed E-state index contributed by atoms with van der Waals surface area (Å²) in [5.74, 6) is -3.25. The van der Waals surface area contributed by atoms with Gasteiger partial charge in [0.05, 0.1) is 11.3 Å². The van der Waals surface area contributed by atoms with Gasteiger partial charge < -0.3 is 20.5 Å². The fraction of sp³-hybridized carbons (Fsp3) is 0.500. The Kier molecular flexibility index (Phi) is 7.79. The number of hydrogen-bond acceptors (Lipinski definition) is 7. The lowest BCUT2D eigenvalue weighted by Crippen LogP contribution is -2.45. The molecule has 1 aliphatic rings. The summed E-state index contributed by atoms with van der Waals surface area (Å²) < 4.78 is 34.3. The second-order valence-electron chi connectivity index (χ2n) is 9.37. The molecule has 3 rings (SSSR count). The molecule has 1 amide bonds. The second kappa shape index (κ2) is 10.4. The van der Waals surface area contributed by atoms with Crippen molar-refractivity contribution in [2.75, 3.05) is 18.5 Å². The Morgan fingerprint density at radius 3 is 2.65 bits per heavy atom. The normalized spacial score (nSPS) is 14.9. The molecule has 1 aromatic heterocycles. The van der Waals surface area contributed by atoms with Crippen molar-refractivity contribution in [1.29, 1.82) is 5.26 Å². The lowest BCUT2D eigenvalue weighted by Gasteiger charge is -2.28. The van der Waals surface area contributed by atoms with E-state index in [9.17, 15) is 23.9 Å². The maximum Gasteiger partial charge on any atom is 0.306 e. The summed E-state index contributed by atoms with van der Waals surface area (Å²) in [6.07, 6.45) is 1.31. The van der Waals surface area contributed by atoms with Crippen molar-refractivity contribution in [1.82, 2.24) is 15.3 Å². The van der Waals surface area contributed by atoms with Crippen LogP contribution in [0.4, 0.5) is 14.6 Å². The van der Waals surface area contributed by atoms with Gasteiger partial charge in [-0.05, 0) is 58.4 Å². The summed E-state index contributed by atoms with van der Waals surface area (Å²) >= 11 is 0. The first kappa shape index (κ1) is 25.5. The van der Waals surface area contributed by atoms with E-state index in [1.165, 1.54) is 18.5 Å². The number of alkyl halides is 2. The molecule has 2 aromatic rings. The van der Waals surface area contributed by atoms with Gasteiger partial charge in [-0.3, -0.25) is 4.79 Å². The zero-order chi connectivity index (χ0) is 24.9. The number of aliphatic hydroxyl groups excluding tert-OH is 1. The standard InChI is InChI=1S/C24H29F2N5O3/c1-23(2,3)30-9-8-20(24(25,26)13-32)34-19-7-6-16(10-17(19)12-27)18-11-21(29-14-28-18)31-22(33)15-4-5-15/h6-7,10-11,14-15,20,30,32H,4-5,8-9,13H2,1-3H3,(H,28,29,31,33). The van der Waals surface area contributed by atoms with Gasteiger partial charge in [0, 0.05) is 29.5 Å². The van der Waals surface area contributed by atoms with Crippen LogP contribution in [0.15, 0.2) is 30.6 Å². The van der Waals surface area contributed by atoms with Gasteiger partial charge in [0.25, 0.3) is 0 Å². The zero-order valence-electron chi connectivity index (χ0n) is 19.4. The predicted molar refractivity (Wildman–Crippen MR) is 122 cm³/mol. The van der Waals surface area contributed by atoms with Gasteiger partial charge in [-0.2, -0.15) is 14.0 Å². The summed E-state index contributed by atoms with van der Waals surface area (Å²) in [7, 11) is 0. The van der Waals surface area contributed by atoms with Crippen molar-refractivity contribution < 1.29 is 23.4 Å². The van der Waals surface area contributed by atoms with Gasteiger partial charge in [0.2, 0.25) is 5.91 Å². The Morgan fingerprint density at radius 1 is 1.29 bits per heavy atom. The number of ether oxygens (including phenoxy) is 1. The van der Waals surface area contributed by atoms with Crippen LogP contribution in [-0.4, -0.2) is 51.7 Å². The molecular weight excluding hydrogens is 444 g/mol. The lowest BCUT2D eigenvalue weighted by molar-refractivity contribution is -0.128. The molecule has 1 heterocycles. The third kappa shape index (κ3) is 6.92. The molecular formula is C24H29F2N5O3. The summed E-state index contributed by atoms with van der Waals surface area (Å²) in [6, 6.07) is 8.05. The van der Waals surface area contributed by atoms with Crippen molar-refractivity contribution in [3.63, 3.8) is 0 Å². The van der Waals surface area contributed by atoms with Crippen LogP contribution in [0.2, 0.25) is 0 Å². The molecule has 1 aromatic carbocycles. The van der Waals surface area contributed by atoms with Crippen molar-refractivity contribution in [3.05, 3.63) is 36.2 Å². The number of hydrogen-bond donors (Lipinski definition) is 3. The highest BCUT2D eigenvalue weighted by atomic mass is 19.3. The average Bonchev–Trinajstić information content (AvgIpc) is 3.63. The maximum absolute atomic E-state index is 14.4. The first-order valence-corrected chi connectivity index (χ1v) is 11.1. The molecule has 182 valence electrons. The molecule has 0 bridgehead atoms. The molecule has 0 aliphatic heterocycles. The van der Waals surface area contributed by atoms with Crippen LogP contribution in [0, 0.1) is 17.2 Å². The Hall–Kier alpha value is -3.16. The number of halogens is 2. The molecule has 1 saturated carbocycles. The van der Waals surface area contributed by atoms with E-state index in [0.29, 0.717) is 17.1 Å². The van der Waals surface area contributed by atoms with Crippen LogP contribution in [0.5, 0.6) is 5.75 Å². The smallest absolute Gasteiger partial charge is 0.306 e. The highest BCUT2D eigenvalue weighted by molar-refractivity contribution is 5.93. The Bertz CT molecular complexity index is 1060. The van der Waals surface area contributed by atoms with Crippen LogP contribution in [0.25, 0.3) is 11.3 Å². The minimum atomic E-state index is -3.49. The van der Waals surface area contributed by atoms with E-state index in [4.69, 9.17) is 4.74 Å². The summed E-state index contributed by atoms with van der Waals surface area (Å²) in [6.45, 7) is 4.60. The number of nitrogens with one attached hydrogen (secondary N) is 2. The third-order valence-corrected chi connectivity index (χ3v) is 5.28. The number of carbonyl (C=O) groups is 1. The number of aliphatic hydroxyl groups is 1. The molecule has 34 heavy (non-hydrogen) atoms. The molecule has 1 aliphatic carbocycles. The molecule has 1 atom stereocenters. The minimum Gasteiger partial charge on any atom is -0.483 e. The minimum absolute atomic E-state index is 0.0172. The number of carbonyl (C=O) groups excluding carboxylic acids is 1. The number of anilines is 1. The highest BCUT2D eigenvalue weighted by Crippen LogP contribution is 2.32. The van der Waals surface area contributed by atoms with Crippen LogP contribution in [0.1, 0.15) is 45.6 Å². The molecule has 10 heteroatoms. The number of benzene rings is 1. The Labute approximate surface area is 197 Å². The average molecular weight is 474 g/mol. The fourth-order valence-electron chi connectivity index (χ4n) is 3.23. The molecule has 0 saturated heterocycles. The summed E-state index contributed by atoms with van der Waals surface area (Å²) in [4.78, 5) is 20.2. The van der Waals surface area contributed by atoms with E-state index in [0.717, 1.165) is 12.8 Å². The van der Waals surface area contributed by atoms with Gasteiger partial charge in [0.1, 0.15) is 30.6 Å². The third-order valence-electron chi connectivity index (χ3n) is 5.28. The number of rotatable bonds is 10. The predicted octanol–water partition coefficient (Wildman–Crippen LogP) is 3.52. The van der Waals surface area contributed by atoms with Gasteiger partial charge in [-0.1, -0.05) is 0 Å². The quantitative estimate of drug-likeness (QED) is 0.483. The first-order valence-electron chi connectivity index (χ1n) is 11.1. The Morgan fingerprint density at radius 2 is 2.03 bits per heavy atom. The first-order chi connectivity index (χ1) is 16.0. The zero-order valence-corrected chi connectivity index (χ0v) is 19.4. The van der Waals surface area contributed by atoms with E-state index in [-0.39, 0.29) is 41.6 Å². The van der Waals surface area contributed by atoms with E-state index >= 15 is 0 Å². The highest BCUT2D eigenvalue weighted by Gasteiger charge is 2.41. The largest absolute Gasteiger partial charge is 0.483 e. The molecule has 3 N–H and O–H groups in total. The Balaban J connectivity index is 1.79. The van der Waals surface area contributed by atoms with E-state index < -0.39 is 18.6 Å². The van der Waals surface area contributed by atoms with E-state index in [1.54, 1.807) is 12.1 Å². The molecule has 1 unspecified atom stereocenters. The van der Waals surface area contributed by atoms with Crippen molar-refractivity contribution in [2.45, 2.75) is 57.6 Å². The maximum atomic E-state index is 14.4. The molecule has 0 radical (unpaired) electrons. The van der Waals surface area contributed by atoms with Gasteiger partial charge >= 0.3 is 5.92 Å². The van der Waals surface area contributed by atoms with E-state index in [1.807, 2.05) is 26.8 Å². The van der Waals surface area contributed by atoms with Crippen LogP contribution in [0.3, 0.4) is 0 Å². The SMILES string of the molecule is CC(C)(C)NCCC(Oc1ccc(-c2cc(NC(=O)C3CC3)ncn2)cc1C#N)C(F)(F)CO. The topological polar surface area (TPSA) is 120 Å². The van der Waals surface area contributed by atoms with E-state index in [2.05, 4.69) is 20.6 Å². The monoisotopic (exact) mass is 473 g/mol. The number of nitriles is 1. The molecule has 0 spiro atoms. The number of amides is 1. The molecule has 1 fully saturated rings. The van der Waals surface area contributed by atoms with Crippen LogP contribution >= 0.6 is 0 Å². The van der Waals surface area contributed by atoms with Crippen molar-refractivity contribution in [3.8, 4) is 23.1 Å². The van der Waals surface area contributed by atoms with Gasteiger partial charge in [-0.25, -0.2) is 9.97 Å². The second-order valence-corrected chi connectivity index (χ2v) is 9.37. The number of nitrogens with zero attached hydrogens (tertiary/aromatic N) is 3. The van der Waals surface area contributed by atoms with Crippen molar-refractivity contribution in [2.24, 2.45) is 5.92 Å². The molecule has 8 nitrogen and oxygen atoms in total. The number of aromatic nitrogens is 2. The van der Waals surface area contributed by atoms with Gasteiger partial charge in [0.15, 0.2) is 6.10 Å². The van der Waals surface area contributed by atoms with Crippen LogP contribution < -0.4 is 15.4 Å². The van der Waals surface area contributed by atoms with Crippen molar-refractivity contribution >= 4 is 11.7 Å². The summed E-state index contributed by atoms with van der Waals surface area (Å²) in [5, 5.41) is 24.7. The fourth-order valence-corrected chi connectivity index (χ4v) is 3.23. The summed E-state index contributed by atoms with van der Waals surface area (Å²) in [5.41, 5.74) is 0.763. The van der Waals surface area contributed by atoms with Gasteiger partial charge in [-0.15, -0.1) is 0 Å². The van der Waals surface area contributed by atoms with Crippen LogP contribution in [-0.2, 0) is 4.79 Å².